The molecule has 1 aromatic carbocycles. The molecular formula is C19H27NO. The maximum Gasteiger partial charge on any atom is 0.140 e. The van der Waals surface area contributed by atoms with E-state index in [2.05, 4.69) is 44.0 Å². The third kappa shape index (κ3) is 2.91. The van der Waals surface area contributed by atoms with Crippen molar-refractivity contribution in [3.63, 3.8) is 0 Å². The maximum absolute atomic E-state index is 12.8. The van der Waals surface area contributed by atoms with Gasteiger partial charge in [0.2, 0.25) is 0 Å². The van der Waals surface area contributed by atoms with Crippen LogP contribution in [0.3, 0.4) is 0 Å². The van der Waals surface area contributed by atoms with Gasteiger partial charge in [0.25, 0.3) is 0 Å². The molecule has 2 aliphatic rings. The number of rotatable bonds is 3. The van der Waals surface area contributed by atoms with Crippen molar-refractivity contribution in [3.05, 3.63) is 34.9 Å². The molecule has 0 amide bonds. The monoisotopic (exact) mass is 285 g/mol. The predicted octanol–water partition coefficient (Wildman–Crippen LogP) is 3.68. The van der Waals surface area contributed by atoms with Crippen molar-refractivity contribution >= 4 is 5.78 Å². The Hall–Kier alpha value is -1.15. The zero-order valence-electron chi connectivity index (χ0n) is 13.6. The van der Waals surface area contributed by atoms with Crippen LogP contribution in [0.2, 0.25) is 0 Å². The summed E-state index contributed by atoms with van der Waals surface area (Å²) in [6.45, 7) is 4.25. The average Bonchev–Trinajstić information content (AvgIpc) is 2.42. The first-order valence-corrected chi connectivity index (χ1v) is 8.36. The van der Waals surface area contributed by atoms with Crippen molar-refractivity contribution in [1.82, 2.24) is 4.90 Å². The molecule has 2 fully saturated rings. The Morgan fingerprint density at radius 1 is 1.14 bits per heavy atom. The molecule has 2 nitrogen and oxygen atoms in total. The molecule has 2 unspecified atom stereocenters. The highest BCUT2D eigenvalue weighted by atomic mass is 16.1. The van der Waals surface area contributed by atoms with Gasteiger partial charge in [0.15, 0.2) is 0 Å². The van der Waals surface area contributed by atoms with Crippen molar-refractivity contribution in [3.8, 4) is 0 Å². The minimum absolute atomic E-state index is 0.288. The van der Waals surface area contributed by atoms with Crippen LogP contribution >= 0.6 is 0 Å². The van der Waals surface area contributed by atoms with Crippen LogP contribution in [0.1, 0.15) is 48.8 Å². The van der Waals surface area contributed by atoms with Crippen LogP contribution in [0.4, 0.5) is 0 Å². The highest BCUT2D eigenvalue weighted by Crippen LogP contribution is 2.36. The second-order valence-corrected chi connectivity index (χ2v) is 7.09. The quantitative estimate of drug-likeness (QED) is 0.844. The van der Waals surface area contributed by atoms with E-state index in [-0.39, 0.29) is 5.92 Å². The number of hydrogen-bond acceptors (Lipinski definition) is 2. The van der Waals surface area contributed by atoms with Crippen LogP contribution in [0.5, 0.6) is 0 Å². The van der Waals surface area contributed by atoms with E-state index in [1.54, 1.807) is 0 Å². The Balaban J connectivity index is 1.72. The number of Topliss-reactive ketones (excluding diaryl/α,β-unsaturated/α-hetero) is 1. The van der Waals surface area contributed by atoms with Gasteiger partial charge in [0.1, 0.15) is 5.78 Å². The predicted molar refractivity (Wildman–Crippen MR) is 86.5 cm³/mol. The zero-order chi connectivity index (χ0) is 15.0. The van der Waals surface area contributed by atoms with Crippen LogP contribution in [-0.2, 0) is 11.2 Å². The molecule has 0 aliphatic carbocycles. The van der Waals surface area contributed by atoms with E-state index in [9.17, 15) is 4.79 Å². The Bertz CT molecular complexity index is 502. The highest BCUT2D eigenvalue weighted by molar-refractivity contribution is 5.84. The summed E-state index contributed by atoms with van der Waals surface area (Å²) in [5.74, 6) is 0.757. The average molecular weight is 285 g/mol. The van der Waals surface area contributed by atoms with E-state index in [0.29, 0.717) is 24.3 Å². The van der Waals surface area contributed by atoms with Gasteiger partial charge in [-0.2, -0.15) is 0 Å². The summed E-state index contributed by atoms with van der Waals surface area (Å²) in [6, 6.07) is 7.62. The summed E-state index contributed by atoms with van der Waals surface area (Å²) in [6.07, 6.45) is 6.69. The Labute approximate surface area is 128 Å². The minimum atomic E-state index is 0.288. The number of benzene rings is 1. The molecule has 0 radical (unpaired) electrons. The number of fused-ring (bicyclic) bond motifs is 2. The summed E-state index contributed by atoms with van der Waals surface area (Å²) in [5.41, 5.74) is 3.78. The van der Waals surface area contributed by atoms with Gasteiger partial charge in [-0.3, -0.25) is 4.79 Å². The molecule has 1 aromatic rings. The number of piperidine rings is 2. The maximum atomic E-state index is 12.8. The van der Waals surface area contributed by atoms with Crippen LogP contribution in [-0.4, -0.2) is 29.8 Å². The Morgan fingerprint density at radius 2 is 1.71 bits per heavy atom. The van der Waals surface area contributed by atoms with Gasteiger partial charge in [-0.05, 0) is 63.3 Å². The first kappa shape index (κ1) is 14.8. The first-order chi connectivity index (χ1) is 10.1. The molecule has 0 saturated carbocycles. The topological polar surface area (TPSA) is 20.3 Å². The van der Waals surface area contributed by atoms with Crippen molar-refractivity contribution < 1.29 is 4.79 Å². The molecule has 2 bridgehead atoms. The summed E-state index contributed by atoms with van der Waals surface area (Å²) < 4.78 is 0. The number of carbonyl (C=O) groups excluding carboxylic acids is 1. The SMILES string of the molecule is Cc1cccc(C)c1CC(=O)C1CC2CCCC(C1)N2C. The second-order valence-electron chi connectivity index (χ2n) is 7.09. The Kier molecular flexibility index (Phi) is 4.17. The van der Waals surface area contributed by atoms with E-state index in [1.165, 1.54) is 36.0 Å². The lowest BCUT2D eigenvalue weighted by atomic mass is 9.76. The molecule has 0 spiro atoms. The van der Waals surface area contributed by atoms with E-state index >= 15 is 0 Å². The largest absolute Gasteiger partial charge is 0.300 e. The van der Waals surface area contributed by atoms with Crippen LogP contribution < -0.4 is 0 Å². The standard InChI is InChI=1S/C19H27NO/c1-13-6-4-7-14(2)18(13)12-19(21)15-10-16-8-5-9-17(11-15)20(16)3/h4,6-7,15-17H,5,8-12H2,1-3H3. The molecule has 0 N–H and O–H groups in total. The molecule has 0 aromatic heterocycles. The molecule has 2 heteroatoms. The number of nitrogens with zero attached hydrogens (tertiary/aromatic N) is 1. The van der Waals surface area contributed by atoms with Crippen LogP contribution in [0.15, 0.2) is 18.2 Å². The van der Waals surface area contributed by atoms with Gasteiger partial charge < -0.3 is 4.90 Å². The summed E-state index contributed by atoms with van der Waals surface area (Å²) >= 11 is 0. The van der Waals surface area contributed by atoms with E-state index < -0.39 is 0 Å². The zero-order valence-corrected chi connectivity index (χ0v) is 13.6. The lowest BCUT2D eigenvalue weighted by molar-refractivity contribution is -0.125. The lowest BCUT2D eigenvalue weighted by Gasteiger charge is -2.46. The first-order valence-electron chi connectivity index (χ1n) is 8.36. The third-order valence-electron chi connectivity index (χ3n) is 5.79. The van der Waals surface area contributed by atoms with E-state index in [4.69, 9.17) is 0 Å². The molecule has 3 rings (SSSR count). The number of hydrogen-bond donors (Lipinski definition) is 0. The normalized spacial score (nSPS) is 29.4. The second kappa shape index (κ2) is 5.92. The fourth-order valence-electron chi connectivity index (χ4n) is 4.33. The number of aryl methyl sites for hydroxylation is 2. The van der Waals surface area contributed by atoms with E-state index in [1.807, 2.05) is 0 Å². The molecule has 114 valence electrons. The van der Waals surface area contributed by atoms with Gasteiger partial charge in [0, 0.05) is 24.4 Å². The summed E-state index contributed by atoms with van der Waals surface area (Å²) in [7, 11) is 2.25. The third-order valence-corrected chi connectivity index (χ3v) is 5.79. The fourth-order valence-corrected chi connectivity index (χ4v) is 4.33. The Morgan fingerprint density at radius 3 is 2.29 bits per heavy atom. The number of ketones is 1. The van der Waals surface area contributed by atoms with Crippen molar-refractivity contribution in [1.29, 1.82) is 0 Å². The van der Waals surface area contributed by atoms with Gasteiger partial charge in [-0.15, -0.1) is 0 Å². The van der Waals surface area contributed by atoms with Crippen LogP contribution in [0, 0.1) is 19.8 Å². The van der Waals surface area contributed by atoms with E-state index in [0.717, 1.165) is 12.8 Å². The minimum Gasteiger partial charge on any atom is -0.300 e. The van der Waals surface area contributed by atoms with Gasteiger partial charge in [-0.25, -0.2) is 0 Å². The van der Waals surface area contributed by atoms with Gasteiger partial charge in [0.05, 0.1) is 0 Å². The molecular weight excluding hydrogens is 258 g/mol. The molecule has 2 aliphatic heterocycles. The smallest absolute Gasteiger partial charge is 0.140 e. The fraction of sp³-hybridized carbons (Fsp3) is 0.632. The molecule has 21 heavy (non-hydrogen) atoms. The van der Waals surface area contributed by atoms with Crippen LogP contribution in [0.25, 0.3) is 0 Å². The van der Waals surface area contributed by atoms with Crippen molar-refractivity contribution in [2.45, 2.75) is 64.5 Å². The molecule has 2 heterocycles. The molecule has 2 atom stereocenters. The summed E-state index contributed by atoms with van der Waals surface area (Å²) in [4.78, 5) is 15.3. The van der Waals surface area contributed by atoms with Gasteiger partial charge in [-0.1, -0.05) is 24.6 Å². The lowest BCUT2D eigenvalue weighted by Crippen LogP contribution is -2.51. The molecule has 2 saturated heterocycles. The van der Waals surface area contributed by atoms with Gasteiger partial charge >= 0.3 is 0 Å². The number of carbonyl (C=O) groups is 1. The summed E-state index contributed by atoms with van der Waals surface area (Å²) in [5, 5.41) is 0. The van der Waals surface area contributed by atoms with Crippen molar-refractivity contribution in [2.24, 2.45) is 5.92 Å². The van der Waals surface area contributed by atoms with Crippen molar-refractivity contribution in [2.75, 3.05) is 7.05 Å². The highest BCUT2D eigenvalue weighted by Gasteiger charge is 2.38.